The number of rotatable bonds is 6. The van der Waals surface area contributed by atoms with Crippen molar-refractivity contribution in [3.05, 3.63) is 35.6 Å². The van der Waals surface area contributed by atoms with Gasteiger partial charge in [0.15, 0.2) is 5.60 Å². The normalized spacial score (nSPS) is 16.0. The Morgan fingerprint density at radius 1 is 1.44 bits per heavy atom. The number of aliphatic hydroxyl groups is 1. The predicted octanol–water partition coefficient (Wildman–Crippen LogP) is 2.94. The van der Waals surface area contributed by atoms with Crippen molar-refractivity contribution in [2.24, 2.45) is 0 Å². The Bertz CT molecular complexity index is 419. The Balaban J connectivity index is 3.18. The molecular formula is C14H19FO3. The predicted molar refractivity (Wildman–Crippen MR) is 66.9 cm³/mol. The van der Waals surface area contributed by atoms with Crippen molar-refractivity contribution in [2.75, 3.05) is 0 Å². The molecule has 18 heavy (non-hydrogen) atoms. The molecule has 1 rings (SSSR count). The molecule has 0 saturated heterocycles. The second kappa shape index (κ2) is 5.96. The molecule has 0 fully saturated rings. The van der Waals surface area contributed by atoms with Crippen molar-refractivity contribution in [2.45, 2.75) is 44.6 Å². The average Bonchev–Trinajstić information content (AvgIpc) is 2.30. The summed E-state index contributed by atoms with van der Waals surface area (Å²) in [6.45, 7) is 3.60. The van der Waals surface area contributed by atoms with Crippen LogP contribution in [0.25, 0.3) is 0 Å². The summed E-state index contributed by atoms with van der Waals surface area (Å²) in [5.41, 5.74) is -1.31. The van der Waals surface area contributed by atoms with Crippen molar-refractivity contribution in [3.63, 3.8) is 0 Å². The number of hydrogen-bond donors (Lipinski definition) is 2. The third kappa shape index (κ3) is 2.88. The molecule has 3 nitrogen and oxygen atoms in total. The van der Waals surface area contributed by atoms with Crippen LogP contribution < -0.4 is 0 Å². The Labute approximate surface area is 106 Å². The van der Waals surface area contributed by atoms with Gasteiger partial charge in [0.05, 0.1) is 0 Å². The van der Waals surface area contributed by atoms with E-state index >= 15 is 0 Å². The highest BCUT2D eigenvalue weighted by molar-refractivity contribution is 5.78. The van der Waals surface area contributed by atoms with Crippen LogP contribution in [0.1, 0.15) is 44.6 Å². The monoisotopic (exact) mass is 254 g/mol. The van der Waals surface area contributed by atoms with Crippen LogP contribution in [0.4, 0.5) is 4.39 Å². The lowest BCUT2D eigenvalue weighted by molar-refractivity contribution is -0.162. The van der Waals surface area contributed by atoms with E-state index in [-0.39, 0.29) is 6.42 Å². The molecule has 2 unspecified atom stereocenters. The topological polar surface area (TPSA) is 57.5 Å². The maximum absolute atomic E-state index is 13.2. The number of carbonyl (C=O) groups is 1. The van der Waals surface area contributed by atoms with Gasteiger partial charge in [0.1, 0.15) is 5.82 Å². The summed E-state index contributed by atoms with van der Waals surface area (Å²) in [6, 6.07) is 5.77. The molecule has 2 atom stereocenters. The summed E-state index contributed by atoms with van der Waals surface area (Å²) in [5, 5.41) is 19.6. The molecule has 0 spiro atoms. The lowest BCUT2D eigenvalue weighted by Crippen LogP contribution is -2.44. The summed E-state index contributed by atoms with van der Waals surface area (Å²) in [5.74, 6) is -2.28. The average molecular weight is 254 g/mol. The van der Waals surface area contributed by atoms with E-state index < -0.39 is 23.3 Å². The van der Waals surface area contributed by atoms with Crippen molar-refractivity contribution in [3.8, 4) is 0 Å². The Kier molecular flexibility index (Phi) is 4.84. The maximum Gasteiger partial charge on any atom is 0.336 e. The van der Waals surface area contributed by atoms with E-state index in [0.717, 1.165) is 0 Å². The SMILES string of the molecule is CCCC(O)(C(=O)O)C(CC)c1cccc(F)c1. The third-order valence-corrected chi connectivity index (χ3v) is 3.24. The van der Waals surface area contributed by atoms with Crippen LogP contribution in [0.5, 0.6) is 0 Å². The molecule has 0 aromatic heterocycles. The molecule has 0 aliphatic rings. The lowest BCUT2D eigenvalue weighted by atomic mass is 9.77. The van der Waals surface area contributed by atoms with Gasteiger partial charge in [-0.05, 0) is 30.5 Å². The molecule has 1 aromatic rings. The van der Waals surface area contributed by atoms with Crippen LogP contribution in [0.15, 0.2) is 24.3 Å². The molecular weight excluding hydrogens is 235 g/mol. The number of hydrogen-bond acceptors (Lipinski definition) is 2. The van der Waals surface area contributed by atoms with E-state index in [4.69, 9.17) is 0 Å². The van der Waals surface area contributed by atoms with Gasteiger partial charge in [-0.2, -0.15) is 0 Å². The van der Waals surface area contributed by atoms with Gasteiger partial charge in [-0.25, -0.2) is 9.18 Å². The highest BCUT2D eigenvalue weighted by atomic mass is 19.1. The largest absolute Gasteiger partial charge is 0.479 e. The van der Waals surface area contributed by atoms with Gasteiger partial charge >= 0.3 is 5.97 Å². The van der Waals surface area contributed by atoms with E-state index in [1.807, 2.05) is 6.92 Å². The number of carboxylic acid groups (broad SMARTS) is 1. The van der Waals surface area contributed by atoms with E-state index in [0.29, 0.717) is 18.4 Å². The fourth-order valence-electron chi connectivity index (χ4n) is 2.38. The van der Waals surface area contributed by atoms with Gasteiger partial charge in [-0.1, -0.05) is 32.4 Å². The van der Waals surface area contributed by atoms with Crippen LogP contribution >= 0.6 is 0 Å². The first-order chi connectivity index (χ1) is 8.45. The number of benzene rings is 1. The van der Waals surface area contributed by atoms with E-state index in [2.05, 4.69) is 0 Å². The summed E-state index contributed by atoms with van der Waals surface area (Å²) < 4.78 is 13.2. The highest BCUT2D eigenvalue weighted by Crippen LogP contribution is 2.35. The zero-order chi connectivity index (χ0) is 13.8. The highest BCUT2D eigenvalue weighted by Gasteiger charge is 2.43. The van der Waals surface area contributed by atoms with Crippen molar-refractivity contribution in [1.82, 2.24) is 0 Å². The fourth-order valence-corrected chi connectivity index (χ4v) is 2.38. The third-order valence-electron chi connectivity index (χ3n) is 3.24. The Morgan fingerprint density at radius 3 is 2.56 bits per heavy atom. The van der Waals surface area contributed by atoms with Crippen molar-refractivity contribution >= 4 is 5.97 Å². The molecule has 0 heterocycles. The quantitative estimate of drug-likeness (QED) is 0.820. The molecule has 0 bridgehead atoms. The first-order valence-electron chi connectivity index (χ1n) is 6.17. The summed E-state index contributed by atoms with van der Waals surface area (Å²) >= 11 is 0. The second-order valence-electron chi connectivity index (χ2n) is 4.50. The van der Waals surface area contributed by atoms with Crippen molar-refractivity contribution in [1.29, 1.82) is 0 Å². The molecule has 0 aliphatic carbocycles. The van der Waals surface area contributed by atoms with E-state index in [1.165, 1.54) is 18.2 Å². The Morgan fingerprint density at radius 2 is 2.11 bits per heavy atom. The number of aliphatic carboxylic acids is 1. The van der Waals surface area contributed by atoms with Crippen LogP contribution in [0.3, 0.4) is 0 Å². The van der Waals surface area contributed by atoms with Gasteiger partial charge in [-0.15, -0.1) is 0 Å². The molecule has 0 aliphatic heterocycles. The minimum atomic E-state index is -1.84. The van der Waals surface area contributed by atoms with Gasteiger partial charge in [0, 0.05) is 5.92 Å². The molecule has 0 amide bonds. The van der Waals surface area contributed by atoms with E-state index in [1.54, 1.807) is 13.0 Å². The molecule has 4 heteroatoms. The van der Waals surface area contributed by atoms with Gasteiger partial charge < -0.3 is 10.2 Å². The molecule has 100 valence electrons. The van der Waals surface area contributed by atoms with E-state index in [9.17, 15) is 19.4 Å². The zero-order valence-corrected chi connectivity index (χ0v) is 10.7. The summed E-state index contributed by atoms with van der Waals surface area (Å²) in [4.78, 5) is 11.3. The first-order valence-corrected chi connectivity index (χ1v) is 6.17. The lowest BCUT2D eigenvalue weighted by Gasteiger charge is -2.32. The molecule has 1 aromatic carbocycles. The van der Waals surface area contributed by atoms with Crippen molar-refractivity contribution < 1.29 is 19.4 Å². The van der Waals surface area contributed by atoms with Crippen LogP contribution in [-0.2, 0) is 4.79 Å². The minimum Gasteiger partial charge on any atom is -0.479 e. The molecule has 2 N–H and O–H groups in total. The maximum atomic E-state index is 13.2. The Hall–Kier alpha value is -1.42. The molecule has 0 saturated carbocycles. The van der Waals surface area contributed by atoms with Gasteiger partial charge in [0.2, 0.25) is 0 Å². The van der Waals surface area contributed by atoms with Crippen LogP contribution in [-0.4, -0.2) is 21.8 Å². The summed E-state index contributed by atoms with van der Waals surface area (Å²) in [7, 11) is 0. The second-order valence-corrected chi connectivity index (χ2v) is 4.50. The standard InChI is InChI=1S/C14H19FO3/c1-3-8-14(18,13(16)17)12(4-2)10-6-5-7-11(15)9-10/h5-7,9,12,18H,3-4,8H2,1-2H3,(H,16,17). The smallest absolute Gasteiger partial charge is 0.336 e. The van der Waals surface area contributed by atoms with Crippen LogP contribution in [0.2, 0.25) is 0 Å². The first kappa shape index (κ1) is 14.6. The fraction of sp³-hybridized carbons (Fsp3) is 0.500. The number of halogens is 1. The van der Waals surface area contributed by atoms with Gasteiger partial charge in [-0.3, -0.25) is 0 Å². The van der Waals surface area contributed by atoms with Crippen LogP contribution in [0, 0.1) is 5.82 Å². The van der Waals surface area contributed by atoms with Gasteiger partial charge in [0.25, 0.3) is 0 Å². The summed E-state index contributed by atoms with van der Waals surface area (Å²) in [6.07, 6.45) is 1.14. The number of carboxylic acids is 1. The molecule has 0 radical (unpaired) electrons. The zero-order valence-electron chi connectivity index (χ0n) is 10.7. The minimum absolute atomic E-state index is 0.150.